The summed E-state index contributed by atoms with van der Waals surface area (Å²) in [4.78, 5) is 2.54. The molecule has 0 spiro atoms. The third kappa shape index (κ3) is 6.10. The van der Waals surface area contributed by atoms with E-state index in [-0.39, 0.29) is 18.2 Å². The van der Waals surface area contributed by atoms with Crippen LogP contribution in [-0.2, 0) is 6.42 Å². The number of benzene rings is 2. The lowest BCUT2D eigenvalue weighted by atomic mass is 9.95. The standard InChI is InChI=1S/C20H24ClNO2.ClH/c21-17-6-4-16(5-7-17)15-18-3-1-2-12-22(18)13-14-24-20-10-8-19(23)9-11-20;/h4-11,18,23H,1-3,12-15H2;1H. The minimum atomic E-state index is 0. The molecule has 1 unspecified atom stereocenters. The lowest BCUT2D eigenvalue weighted by Crippen LogP contribution is -2.43. The predicted molar refractivity (Wildman–Crippen MR) is 105 cm³/mol. The Bertz CT molecular complexity index is 631. The van der Waals surface area contributed by atoms with Crippen LogP contribution in [0.2, 0.25) is 5.02 Å². The van der Waals surface area contributed by atoms with Crippen LogP contribution in [0.5, 0.6) is 11.5 Å². The van der Waals surface area contributed by atoms with Crippen molar-refractivity contribution in [1.82, 2.24) is 4.90 Å². The van der Waals surface area contributed by atoms with Crippen LogP contribution in [0.4, 0.5) is 0 Å². The summed E-state index contributed by atoms with van der Waals surface area (Å²) in [5, 5.41) is 10.1. The predicted octanol–water partition coefficient (Wildman–Crippen LogP) is 4.94. The second kappa shape index (κ2) is 9.91. The molecule has 25 heavy (non-hydrogen) atoms. The van der Waals surface area contributed by atoms with Gasteiger partial charge in [-0.2, -0.15) is 0 Å². The maximum absolute atomic E-state index is 9.31. The minimum Gasteiger partial charge on any atom is -0.508 e. The van der Waals surface area contributed by atoms with Crippen molar-refractivity contribution < 1.29 is 9.84 Å². The Morgan fingerprint density at radius 1 is 1.04 bits per heavy atom. The van der Waals surface area contributed by atoms with Gasteiger partial charge in [0.05, 0.1) is 0 Å². The first-order chi connectivity index (χ1) is 11.7. The molecule has 0 bridgehead atoms. The Morgan fingerprint density at radius 3 is 2.48 bits per heavy atom. The van der Waals surface area contributed by atoms with Crippen LogP contribution in [0.15, 0.2) is 48.5 Å². The number of aromatic hydroxyl groups is 1. The van der Waals surface area contributed by atoms with Gasteiger partial charge in [0, 0.05) is 17.6 Å². The molecule has 1 N–H and O–H groups in total. The van der Waals surface area contributed by atoms with E-state index in [0.29, 0.717) is 12.6 Å². The fourth-order valence-electron chi connectivity index (χ4n) is 3.30. The maximum atomic E-state index is 9.31. The van der Waals surface area contributed by atoms with Gasteiger partial charge in [0.25, 0.3) is 0 Å². The molecule has 0 amide bonds. The lowest BCUT2D eigenvalue weighted by molar-refractivity contribution is 0.122. The molecule has 0 aliphatic carbocycles. The molecule has 1 aliphatic heterocycles. The van der Waals surface area contributed by atoms with E-state index in [0.717, 1.165) is 30.3 Å². The van der Waals surface area contributed by atoms with E-state index >= 15 is 0 Å². The van der Waals surface area contributed by atoms with Gasteiger partial charge >= 0.3 is 0 Å². The van der Waals surface area contributed by atoms with Crippen molar-refractivity contribution in [3.05, 3.63) is 59.1 Å². The summed E-state index contributed by atoms with van der Waals surface area (Å²) in [7, 11) is 0. The summed E-state index contributed by atoms with van der Waals surface area (Å²) >= 11 is 5.98. The number of phenolic OH excluding ortho intramolecular Hbond substituents is 1. The van der Waals surface area contributed by atoms with E-state index < -0.39 is 0 Å². The van der Waals surface area contributed by atoms with E-state index in [9.17, 15) is 5.11 Å². The molecule has 1 saturated heterocycles. The zero-order chi connectivity index (χ0) is 16.8. The van der Waals surface area contributed by atoms with Crippen molar-refractivity contribution >= 4 is 24.0 Å². The van der Waals surface area contributed by atoms with E-state index in [4.69, 9.17) is 16.3 Å². The number of rotatable bonds is 6. The summed E-state index contributed by atoms with van der Waals surface area (Å²) in [6.45, 7) is 2.73. The highest BCUT2D eigenvalue weighted by molar-refractivity contribution is 6.30. The van der Waals surface area contributed by atoms with Gasteiger partial charge in [-0.1, -0.05) is 30.2 Å². The van der Waals surface area contributed by atoms with Crippen molar-refractivity contribution in [3.8, 4) is 11.5 Å². The van der Waals surface area contributed by atoms with Gasteiger partial charge in [0.2, 0.25) is 0 Å². The number of phenols is 1. The quantitative estimate of drug-likeness (QED) is 0.768. The van der Waals surface area contributed by atoms with E-state index in [1.165, 1.54) is 24.8 Å². The molecule has 0 aromatic heterocycles. The highest BCUT2D eigenvalue weighted by Gasteiger charge is 2.22. The van der Waals surface area contributed by atoms with Crippen molar-refractivity contribution in [3.63, 3.8) is 0 Å². The summed E-state index contributed by atoms with van der Waals surface area (Å²) in [6.07, 6.45) is 4.86. The van der Waals surface area contributed by atoms with E-state index in [1.54, 1.807) is 24.3 Å². The third-order valence-corrected chi connectivity index (χ3v) is 4.87. The lowest BCUT2D eigenvalue weighted by Gasteiger charge is -2.35. The van der Waals surface area contributed by atoms with Crippen LogP contribution in [-0.4, -0.2) is 35.7 Å². The molecule has 2 aromatic carbocycles. The Hall–Kier alpha value is -1.42. The number of nitrogens with zero attached hydrogens (tertiary/aromatic N) is 1. The van der Waals surface area contributed by atoms with Gasteiger partial charge in [0.1, 0.15) is 18.1 Å². The van der Waals surface area contributed by atoms with E-state index in [1.807, 2.05) is 12.1 Å². The molecule has 3 nitrogen and oxygen atoms in total. The Balaban J connectivity index is 0.00000225. The molecule has 1 heterocycles. The SMILES string of the molecule is Cl.Oc1ccc(OCCN2CCCCC2Cc2ccc(Cl)cc2)cc1. The first-order valence-corrected chi connectivity index (χ1v) is 8.99. The zero-order valence-electron chi connectivity index (χ0n) is 14.2. The molecule has 5 heteroatoms. The summed E-state index contributed by atoms with van der Waals surface area (Å²) in [5.41, 5.74) is 1.34. The number of hydrogen-bond donors (Lipinski definition) is 1. The second-order valence-corrected chi connectivity index (χ2v) is 6.79. The average Bonchev–Trinajstić information content (AvgIpc) is 2.60. The normalized spacial score (nSPS) is 17.7. The molecule has 1 fully saturated rings. The second-order valence-electron chi connectivity index (χ2n) is 6.36. The fraction of sp³-hybridized carbons (Fsp3) is 0.400. The van der Waals surface area contributed by atoms with Gasteiger partial charge < -0.3 is 9.84 Å². The van der Waals surface area contributed by atoms with Gasteiger partial charge in [-0.05, 0) is 67.8 Å². The van der Waals surface area contributed by atoms with Crippen molar-refractivity contribution in [1.29, 1.82) is 0 Å². The van der Waals surface area contributed by atoms with Crippen molar-refractivity contribution in [2.75, 3.05) is 19.7 Å². The van der Waals surface area contributed by atoms with Gasteiger partial charge in [-0.15, -0.1) is 12.4 Å². The number of piperidine rings is 1. The molecule has 1 atom stereocenters. The van der Waals surface area contributed by atoms with Gasteiger partial charge in [-0.25, -0.2) is 0 Å². The van der Waals surface area contributed by atoms with Crippen LogP contribution in [0.25, 0.3) is 0 Å². The number of halogens is 2. The first kappa shape index (κ1) is 19.9. The van der Waals surface area contributed by atoms with Crippen molar-refractivity contribution in [2.45, 2.75) is 31.7 Å². The zero-order valence-corrected chi connectivity index (χ0v) is 15.8. The molecule has 2 aromatic rings. The van der Waals surface area contributed by atoms with Crippen LogP contribution >= 0.6 is 24.0 Å². The molecule has 0 saturated carbocycles. The number of likely N-dealkylation sites (tertiary alicyclic amines) is 1. The van der Waals surface area contributed by atoms with Crippen LogP contribution in [0.3, 0.4) is 0 Å². The number of hydrogen-bond acceptors (Lipinski definition) is 3. The molecular weight excluding hydrogens is 357 g/mol. The Labute approximate surface area is 161 Å². The van der Waals surface area contributed by atoms with Gasteiger partial charge in [-0.3, -0.25) is 4.90 Å². The average molecular weight is 382 g/mol. The monoisotopic (exact) mass is 381 g/mol. The summed E-state index contributed by atoms with van der Waals surface area (Å²) in [6, 6.07) is 15.7. The van der Waals surface area contributed by atoms with Crippen LogP contribution in [0, 0.1) is 0 Å². The third-order valence-electron chi connectivity index (χ3n) is 4.62. The highest BCUT2D eigenvalue weighted by Crippen LogP contribution is 2.22. The largest absolute Gasteiger partial charge is 0.508 e. The topological polar surface area (TPSA) is 32.7 Å². The summed E-state index contributed by atoms with van der Waals surface area (Å²) in [5.74, 6) is 1.07. The number of ether oxygens (including phenoxy) is 1. The molecule has 3 rings (SSSR count). The van der Waals surface area contributed by atoms with Crippen LogP contribution < -0.4 is 4.74 Å². The molecule has 136 valence electrons. The van der Waals surface area contributed by atoms with Crippen LogP contribution in [0.1, 0.15) is 24.8 Å². The first-order valence-electron chi connectivity index (χ1n) is 8.61. The minimum absolute atomic E-state index is 0. The highest BCUT2D eigenvalue weighted by atomic mass is 35.5. The molecular formula is C20H25Cl2NO2. The molecule has 1 aliphatic rings. The Kier molecular flexibility index (Phi) is 7.89. The van der Waals surface area contributed by atoms with Crippen molar-refractivity contribution in [2.24, 2.45) is 0 Å². The van der Waals surface area contributed by atoms with Gasteiger partial charge in [0.15, 0.2) is 0 Å². The molecule has 0 radical (unpaired) electrons. The Morgan fingerprint density at radius 2 is 1.76 bits per heavy atom. The maximum Gasteiger partial charge on any atom is 0.119 e. The van der Waals surface area contributed by atoms with E-state index in [2.05, 4.69) is 17.0 Å². The fourth-order valence-corrected chi connectivity index (χ4v) is 3.43. The summed E-state index contributed by atoms with van der Waals surface area (Å²) < 4.78 is 5.81. The smallest absolute Gasteiger partial charge is 0.119 e.